The lowest BCUT2D eigenvalue weighted by Gasteiger charge is -2.11. The first-order chi connectivity index (χ1) is 3.48. The van der Waals surface area contributed by atoms with Crippen LogP contribution in [0.2, 0.25) is 0 Å². The van der Waals surface area contributed by atoms with Crippen molar-refractivity contribution in [2.45, 2.75) is 26.4 Å². The summed E-state index contributed by atoms with van der Waals surface area (Å²) >= 11 is 0. The molecular weight excluding hydrogens is 110 g/mol. The van der Waals surface area contributed by atoms with Crippen molar-refractivity contribution in [1.29, 1.82) is 0 Å². The summed E-state index contributed by atoms with van der Waals surface area (Å²) in [6.07, 6.45) is 0.292. The van der Waals surface area contributed by atoms with Crippen LogP contribution >= 0.6 is 0 Å². The Morgan fingerprint density at radius 1 is 1.50 bits per heavy atom. The fraction of sp³-hybridized carbons (Fsp3) is 0.667. The maximum Gasteiger partial charge on any atom is 0.128 e. The number of allylic oxidation sites excluding steroid dienone is 1. The maximum absolute atomic E-state index is 12.5. The van der Waals surface area contributed by atoms with Crippen molar-refractivity contribution < 1.29 is 8.78 Å². The van der Waals surface area contributed by atoms with Gasteiger partial charge in [0.2, 0.25) is 0 Å². The van der Waals surface area contributed by atoms with Crippen LogP contribution in [0.15, 0.2) is 11.9 Å². The smallest absolute Gasteiger partial charge is 0.128 e. The molecule has 0 atom stereocenters. The van der Waals surface area contributed by atoms with Gasteiger partial charge in [0.15, 0.2) is 0 Å². The second-order valence-corrected chi connectivity index (χ2v) is 2.26. The molecule has 0 fully saturated rings. The summed E-state index contributed by atoms with van der Waals surface area (Å²) in [6, 6.07) is 0. The molecular formula is C6H10F2. The van der Waals surface area contributed by atoms with E-state index < -0.39 is 5.67 Å². The summed E-state index contributed by atoms with van der Waals surface area (Å²) in [7, 11) is 0. The standard InChI is InChI=1S/C6H10F2/c1-5(4-7)6(2,3)8/h4H,1-3H3/b5-4-. The van der Waals surface area contributed by atoms with Gasteiger partial charge in [-0.3, -0.25) is 0 Å². The molecule has 0 aromatic carbocycles. The quantitative estimate of drug-likeness (QED) is 0.499. The summed E-state index contributed by atoms with van der Waals surface area (Å²) in [5, 5.41) is 0. The van der Waals surface area contributed by atoms with Crippen molar-refractivity contribution >= 4 is 0 Å². The summed E-state index contributed by atoms with van der Waals surface area (Å²) < 4.78 is 24.0. The summed E-state index contributed by atoms with van der Waals surface area (Å²) in [5.41, 5.74) is -1.38. The molecule has 0 amide bonds. The lowest BCUT2D eigenvalue weighted by atomic mass is 10.0. The van der Waals surface area contributed by atoms with Gasteiger partial charge >= 0.3 is 0 Å². The Bertz CT molecular complexity index is 97.6. The molecule has 0 unspecified atom stereocenters. The van der Waals surface area contributed by atoms with Gasteiger partial charge < -0.3 is 0 Å². The molecule has 8 heavy (non-hydrogen) atoms. The topological polar surface area (TPSA) is 0 Å². The van der Waals surface area contributed by atoms with Gasteiger partial charge in [0.1, 0.15) is 5.67 Å². The van der Waals surface area contributed by atoms with Crippen LogP contribution < -0.4 is 0 Å². The zero-order chi connectivity index (χ0) is 6.78. The first kappa shape index (κ1) is 7.60. The third-order valence-corrected chi connectivity index (χ3v) is 1.10. The van der Waals surface area contributed by atoms with Crippen molar-refractivity contribution in [1.82, 2.24) is 0 Å². The van der Waals surface area contributed by atoms with Crippen molar-refractivity contribution in [2.75, 3.05) is 0 Å². The van der Waals surface area contributed by atoms with Crippen LogP contribution in [0.25, 0.3) is 0 Å². The molecule has 0 bridgehead atoms. The Labute approximate surface area is 48.2 Å². The minimum Gasteiger partial charge on any atom is -0.240 e. The van der Waals surface area contributed by atoms with E-state index in [1.165, 1.54) is 20.8 Å². The van der Waals surface area contributed by atoms with Crippen LogP contribution in [0.1, 0.15) is 20.8 Å². The Morgan fingerprint density at radius 3 is 1.88 bits per heavy atom. The highest BCUT2D eigenvalue weighted by Crippen LogP contribution is 2.19. The summed E-state index contributed by atoms with van der Waals surface area (Å²) in [4.78, 5) is 0. The molecule has 0 aromatic rings. The molecule has 0 spiro atoms. The van der Waals surface area contributed by atoms with Gasteiger partial charge in [-0.1, -0.05) is 0 Å². The van der Waals surface area contributed by atoms with Crippen LogP contribution in [0.4, 0.5) is 8.78 Å². The van der Waals surface area contributed by atoms with Crippen LogP contribution in [-0.2, 0) is 0 Å². The third kappa shape index (κ3) is 2.05. The third-order valence-electron chi connectivity index (χ3n) is 1.10. The molecule has 0 aliphatic rings. The largest absolute Gasteiger partial charge is 0.240 e. The summed E-state index contributed by atoms with van der Waals surface area (Å²) in [6.45, 7) is 4.05. The van der Waals surface area contributed by atoms with E-state index >= 15 is 0 Å². The molecule has 48 valence electrons. The molecule has 0 saturated carbocycles. The van der Waals surface area contributed by atoms with E-state index in [1.54, 1.807) is 0 Å². The van der Waals surface area contributed by atoms with Crippen LogP contribution in [0.3, 0.4) is 0 Å². The highest BCUT2D eigenvalue weighted by molar-refractivity contribution is 5.06. The molecule has 0 saturated heterocycles. The van der Waals surface area contributed by atoms with Gasteiger partial charge in [-0.2, -0.15) is 0 Å². The van der Waals surface area contributed by atoms with Crippen molar-refractivity contribution in [3.05, 3.63) is 11.9 Å². The van der Waals surface area contributed by atoms with Crippen LogP contribution in [-0.4, -0.2) is 5.67 Å². The Hall–Kier alpha value is -0.400. The molecule has 0 aromatic heterocycles. The number of halogens is 2. The minimum atomic E-state index is -1.51. The van der Waals surface area contributed by atoms with Crippen LogP contribution in [0.5, 0.6) is 0 Å². The van der Waals surface area contributed by atoms with Gasteiger partial charge in [-0.05, 0) is 26.3 Å². The maximum atomic E-state index is 12.5. The highest BCUT2D eigenvalue weighted by atomic mass is 19.1. The van der Waals surface area contributed by atoms with E-state index in [0.29, 0.717) is 6.33 Å². The Balaban J connectivity index is 4.03. The van der Waals surface area contributed by atoms with Crippen molar-refractivity contribution in [3.8, 4) is 0 Å². The number of hydrogen-bond donors (Lipinski definition) is 0. The SMILES string of the molecule is C/C(=C/F)C(C)(C)F. The number of hydrogen-bond acceptors (Lipinski definition) is 0. The van der Waals surface area contributed by atoms with Crippen molar-refractivity contribution in [2.24, 2.45) is 0 Å². The monoisotopic (exact) mass is 120 g/mol. The average Bonchev–Trinajstić information content (AvgIpc) is 1.62. The molecule has 0 aliphatic heterocycles. The zero-order valence-corrected chi connectivity index (χ0v) is 5.33. The van der Waals surface area contributed by atoms with Gasteiger partial charge in [-0.15, -0.1) is 0 Å². The number of rotatable bonds is 1. The van der Waals surface area contributed by atoms with Gasteiger partial charge in [0.25, 0.3) is 0 Å². The van der Waals surface area contributed by atoms with E-state index in [9.17, 15) is 8.78 Å². The predicted molar refractivity (Wildman–Crippen MR) is 30.1 cm³/mol. The van der Waals surface area contributed by atoms with Gasteiger partial charge in [-0.25, -0.2) is 8.78 Å². The van der Waals surface area contributed by atoms with E-state index in [4.69, 9.17) is 0 Å². The minimum absolute atomic E-state index is 0.123. The zero-order valence-electron chi connectivity index (χ0n) is 5.33. The Kier molecular flexibility index (Phi) is 2.13. The average molecular weight is 120 g/mol. The molecule has 2 heteroatoms. The molecule has 0 aliphatic carbocycles. The van der Waals surface area contributed by atoms with Crippen molar-refractivity contribution in [3.63, 3.8) is 0 Å². The molecule has 0 rings (SSSR count). The van der Waals surface area contributed by atoms with E-state index in [1.807, 2.05) is 0 Å². The van der Waals surface area contributed by atoms with Gasteiger partial charge in [0, 0.05) is 0 Å². The fourth-order valence-corrected chi connectivity index (χ4v) is 0.130. The molecule has 0 nitrogen and oxygen atoms in total. The summed E-state index contributed by atoms with van der Waals surface area (Å²) in [5.74, 6) is 0. The first-order valence-corrected chi connectivity index (χ1v) is 2.45. The predicted octanol–water partition coefficient (Wildman–Crippen LogP) is 2.61. The lowest BCUT2D eigenvalue weighted by Crippen LogP contribution is -2.12. The first-order valence-electron chi connectivity index (χ1n) is 2.45. The Morgan fingerprint density at radius 2 is 1.88 bits per heavy atom. The van der Waals surface area contributed by atoms with E-state index in [2.05, 4.69) is 0 Å². The normalized spacial score (nSPS) is 14.4. The van der Waals surface area contributed by atoms with Gasteiger partial charge in [0.05, 0.1) is 6.33 Å². The number of alkyl halides is 1. The second kappa shape index (κ2) is 2.25. The molecule has 0 heterocycles. The highest BCUT2D eigenvalue weighted by Gasteiger charge is 2.17. The molecule has 0 N–H and O–H groups in total. The fourth-order valence-electron chi connectivity index (χ4n) is 0.130. The lowest BCUT2D eigenvalue weighted by molar-refractivity contribution is 0.265. The van der Waals surface area contributed by atoms with Crippen LogP contribution in [0, 0.1) is 0 Å². The van der Waals surface area contributed by atoms with E-state index in [-0.39, 0.29) is 5.57 Å². The molecule has 0 radical (unpaired) electrons. The van der Waals surface area contributed by atoms with E-state index in [0.717, 1.165) is 0 Å². The second-order valence-electron chi connectivity index (χ2n) is 2.26.